The molecule has 1 atom stereocenters. The van der Waals surface area contributed by atoms with Gasteiger partial charge in [-0.2, -0.15) is 0 Å². The van der Waals surface area contributed by atoms with E-state index in [1.807, 2.05) is 0 Å². The summed E-state index contributed by atoms with van der Waals surface area (Å²) < 4.78 is 36.8. The Labute approximate surface area is 59.4 Å². The molecule has 0 N–H and O–H groups in total. The monoisotopic (exact) mass is 154 g/mol. The first-order chi connectivity index (χ1) is 4.50. The molecule has 0 unspecified atom stereocenters. The van der Waals surface area contributed by atoms with Crippen molar-refractivity contribution >= 4 is 0 Å². The molecule has 0 bridgehead atoms. The minimum absolute atomic E-state index is 0.332. The fourth-order valence-electron chi connectivity index (χ4n) is 0.611. The third-order valence-corrected chi connectivity index (χ3v) is 1.45. The summed E-state index contributed by atoms with van der Waals surface area (Å²) in [6, 6.07) is 0. The van der Waals surface area contributed by atoms with E-state index in [1.165, 1.54) is 0 Å². The summed E-state index contributed by atoms with van der Waals surface area (Å²) in [4.78, 5) is 0. The van der Waals surface area contributed by atoms with Gasteiger partial charge in [0.15, 0.2) is 6.17 Å². The number of hydrogen-bond acceptors (Lipinski definition) is 0. The number of unbranched alkanes of at least 4 members (excludes halogenated alkanes) is 1. The number of rotatable bonds is 4. The van der Waals surface area contributed by atoms with Crippen molar-refractivity contribution in [3.8, 4) is 0 Å². The van der Waals surface area contributed by atoms with E-state index >= 15 is 0 Å². The molecule has 0 amide bonds. The highest BCUT2D eigenvalue weighted by Gasteiger charge is 2.35. The third-order valence-electron chi connectivity index (χ3n) is 1.45. The van der Waals surface area contributed by atoms with Gasteiger partial charge in [0.05, 0.1) is 0 Å². The van der Waals surface area contributed by atoms with Crippen LogP contribution in [0.5, 0.6) is 0 Å². The number of halogens is 3. The summed E-state index contributed by atoms with van der Waals surface area (Å²) in [5, 5.41) is 0. The lowest BCUT2D eigenvalue weighted by Gasteiger charge is -2.16. The van der Waals surface area contributed by atoms with Crippen molar-refractivity contribution in [3.63, 3.8) is 0 Å². The van der Waals surface area contributed by atoms with Gasteiger partial charge in [0.1, 0.15) is 0 Å². The second kappa shape index (κ2) is 3.84. The molecule has 0 rings (SSSR count). The number of hydrogen-bond donors (Lipinski definition) is 0. The molecule has 3 heteroatoms. The second-order valence-electron chi connectivity index (χ2n) is 2.48. The smallest absolute Gasteiger partial charge is 0.241 e. The largest absolute Gasteiger partial charge is 0.278 e. The molecule has 0 aliphatic rings. The molecule has 0 nitrogen and oxygen atoms in total. The Morgan fingerprint density at radius 2 is 1.90 bits per heavy atom. The summed E-state index contributed by atoms with van der Waals surface area (Å²) in [6.07, 6.45) is -1.27. The Kier molecular flexibility index (Phi) is 3.76. The van der Waals surface area contributed by atoms with Crippen molar-refractivity contribution in [1.82, 2.24) is 0 Å². The predicted molar refractivity (Wildman–Crippen MR) is 35.0 cm³/mol. The number of alkyl halides is 3. The van der Waals surface area contributed by atoms with E-state index in [-0.39, 0.29) is 6.42 Å². The highest BCUT2D eigenvalue weighted by Crippen LogP contribution is 2.27. The normalized spacial score (nSPS) is 15.3. The van der Waals surface area contributed by atoms with Crippen LogP contribution in [0.25, 0.3) is 0 Å². The predicted octanol–water partition coefficient (Wildman–Crippen LogP) is 3.17. The molecule has 0 saturated heterocycles. The topological polar surface area (TPSA) is 0 Å². The molecule has 0 heterocycles. The molecule has 10 heavy (non-hydrogen) atoms. The van der Waals surface area contributed by atoms with Gasteiger partial charge < -0.3 is 0 Å². The van der Waals surface area contributed by atoms with Crippen LogP contribution in [0.4, 0.5) is 13.2 Å². The van der Waals surface area contributed by atoms with Crippen LogP contribution in [0.1, 0.15) is 33.1 Å². The zero-order valence-corrected chi connectivity index (χ0v) is 6.33. The van der Waals surface area contributed by atoms with Crippen LogP contribution in [-0.2, 0) is 0 Å². The van der Waals surface area contributed by atoms with Gasteiger partial charge in [0, 0.05) is 6.42 Å². The molecular weight excluding hydrogens is 141 g/mol. The Morgan fingerprint density at radius 1 is 1.40 bits per heavy atom. The first-order valence-electron chi connectivity index (χ1n) is 3.52. The van der Waals surface area contributed by atoms with Crippen LogP contribution in [0.15, 0.2) is 0 Å². The summed E-state index contributed by atoms with van der Waals surface area (Å²) in [5.41, 5.74) is 0. The lowest BCUT2D eigenvalue weighted by Crippen LogP contribution is -2.26. The van der Waals surface area contributed by atoms with Crippen molar-refractivity contribution in [2.24, 2.45) is 0 Å². The van der Waals surface area contributed by atoms with Crippen LogP contribution in [-0.4, -0.2) is 12.1 Å². The molecule has 0 aromatic heterocycles. The van der Waals surface area contributed by atoms with E-state index in [0.29, 0.717) is 12.8 Å². The van der Waals surface area contributed by atoms with E-state index in [2.05, 4.69) is 0 Å². The van der Waals surface area contributed by atoms with Crippen LogP contribution in [0.3, 0.4) is 0 Å². The zero-order chi connectivity index (χ0) is 8.20. The van der Waals surface area contributed by atoms with Gasteiger partial charge in [-0.05, 0) is 13.3 Å². The molecule has 62 valence electrons. The summed E-state index contributed by atoms with van der Waals surface area (Å²) in [6.45, 7) is 2.70. The van der Waals surface area contributed by atoms with Gasteiger partial charge in [-0.1, -0.05) is 13.3 Å². The van der Waals surface area contributed by atoms with E-state index in [9.17, 15) is 13.2 Å². The molecule has 0 spiro atoms. The van der Waals surface area contributed by atoms with E-state index in [4.69, 9.17) is 0 Å². The fourth-order valence-corrected chi connectivity index (χ4v) is 0.611. The summed E-state index contributed by atoms with van der Waals surface area (Å²) >= 11 is 0. The van der Waals surface area contributed by atoms with Crippen LogP contribution in [0, 0.1) is 0 Å². The Hall–Kier alpha value is -0.210. The van der Waals surface area contributed by atoms with Gasteiger partial charge in [-0.15, -0.1) is 0 Å². The van der Waals surface area contributed by atoms with Crippen molar-refractivity contribution in [2.75, 3.05) is 0 Å². The molecule has 0 aromatic rings. The van der Waals surface area contributed by atoms with E-state index in [0.717, 1.165) is 6.92 Å². The second-order valence-corrected chi connectivity index (χ2v) is 2.48. The Morgan fingerprint density at radius 3 is 2.20 bits per heavy atom. The van der Waals surface area contributed by atoms with Crippen LogP contribution in [0.2, 0.25) is 0 Å². The minimum Gasteiger partial charge on any atom is -0.241 e. The highest BCUT2D eigenvalue weighted by atomic mass is 19.3. The van der Waals surface area contributed by atoms with Crippen molar-refractivity contribution in [2.45, 2.75) is 45.2 Å². The SMILES string of the molecule is CCCCC(F)(F)[C@H](C)F. The molecule has 0 saturated carbocycles. The summed E-state index contributed by atoms with van der Waals surface area (Å²) in [5.74, 6) is -3.12. The minimum atomic E-state index is -3.12. The molecule has 0 aliphatic heterocycles. The standard InChI is InChI=1S/C7H13F3/c1-3-4-5-7(9,10)6(2)8/h6H,3-5H2,1-2H3/t6-/m0/s1. The maximum atomic E-state index is 12.4. The third kappa shape index (κ3) is 3.08. The van der Waals surface area contributed by atoms with Gasteiger partial charge in [-0.25, -0.2) is 13.2 Å². The Balaban J connectivity index is 3.63. The zero-order valence-electron chi connectivity index (χ0n) is 6.33. The van der Waals surface area contributed by atoms with Gasteiger partial charge in [0.2, 0.25) is 0 Å². The van der Waals surface area contributed by atoms with Crippen molar-refractivity contribution in [3.05, 3.63) is 0 Å². The first-order valence-corrected chi connectivity index (χ1v) is 3.52. The molecule has 0 fully saturated rings. The van der Waals surface area contributed by atoms with Gasteiger partial charge >= 0.3 is 0 Å². The van der Waals surface area contributed by atoms with Gasteiger partial charge in [0.25, 0.3) is 5.92 Å². The maximum Gasteiger partial charge on any atom is 0.278 e. The van der Waals surface area contributed by atoms with Crippen molar-refractivity contribution in [1.29, 1.82) is 0 Å². The molecule has 0 aliphatic carbocycles. The van der Waals surface area contributed by atoms with Crippen molar-refractivity contribution < 1.29 is 13.2 Å². The van der Waals surface area contributed by atoms with E-state index in [1.54, 1.807) is 6.92 Å². The molecule has 0 radical (unpaired) electrons. The fraction of sp³-hybridized carbons (Fsp3) is 1.00. The quantitative estimate of drug-likeness (QED) is 0.583. The van der Waals surface area contributed by atoms with Crippen LogP contribution < -0.4 is 0 Å². The summed E-state index contributed by atoms with van der Waals surface area (Å²) in [7, 11) is 0. The lowest BCUT2D eigenvalue weighted by atomic mass is 10.1. The average Bonchev–Trinajstić information content (AvgIpc) is 1.84. The first kappa shape index (κ1) is 9.79. The average molecular weight is 154 g/mol. The molecule has 0 aromatic carbocycles. The van der Waals surface area contributed by atoms with E-state index < -0.39 is 12.1 Å². The van der Waals surface area contributed by atoms with Gasteiger partial charge in [-0.3, -0.25) is 0 Å². The maximum absolute atomic E-state index is 12.4. The lowest BCUT2D eigenvalue weighted by molar-refractivity contribution is -0.0724. The molecular formula is C7H13F3. The van der Waals surface area contributed by atoms with Crippen LogP contribution >= 0.6 is 0 Å². The highest BCUT2D eigenvalue weighted by molar-refractivity contribution is 4.72. The Bertz CT molecular complexity index is 88.9.